The molecule has 0 aliphatic rings. The first-order chi connectivity index (χ1) is 12.8. The van der Waals surface area contributed by atoms with Gasteiger partial charge in [-0.2, -0.15) is 4.98 Å². The Balaban J connectivity index is 0.00000140. The van der Waals surface area contributed by atoms with Crippen LogP contribution >= 0.6 is 24.8 Å². The van der Waals surface area contributed by atoms with Crippen molar-refractivity contribution >= 4 is 58.9 Å². The molecule has 0 fully saturated rings. The number of aromatic nitrogens is 2. The summed E-state index contributed by atoms with van der Waals surface area (Å²) in [4.78, 5) is 9.32. The van der Waals surface area contributed by atoms with Gasteiger partial charge in [0, 0.05) is 23.3 Å². The van der Waals surface area contributed by atoms with Crippen LogP contribution in [0.1, 0.15) is 5.56 Å². The highest BCUT2D eigenvalue weighted by Gasteiger charge is 2.08. The number of hydrogen-bond acceptors (Lipinski definition) is 5. The molecule has 5 nitrogen and oxygen atoms in total. The van der Waals surface area contributed by atoms with Crippen molar-refractivity contribution in [2.45, 2.75) is 6.54 Å². The van der Waals surface area contributed by atoms with E-state index >= 15 is 0 Å². The lowest BCUT2D eigenvalue weighted by Crippen LogP contribution is -2.03. The van der Waals surface area contributed by atoms with Gasteiger partial charge in [-0.05, 0) is 42.0 Å². The molecule has 0 amide bonds. The highest BCUT2D eigenvalue weighted by atomic mass is 35.5. The molecular weight excluding hydrogens is 393 g/mol. The van der Waals surface area contributed by atoms with Crippen molar-refractivity contribution in [3.05, 3.63) is 84.4 Å². The Kier molecular flexibility index (Phi) is 7.58. The van der Waals surface area contributed by atoms with Crippen molar-refractivity contribution in [2.75, 3.05) is 10.6 Å². The Morgan fingerprint density at radius 2 is 1.43 bits per heavy atom. The second-order valence-electron chi connectivity index (χ2n) is 5.93. The summed E-state index contributed by atoms with van der Waals surface area (Å²) in [5, 5.41) is 7.63. The van der Waals surface area contributed by atoms with Crippen LogP contribution in [-0.4, -0.2) is 9.97 Å². The Bertz CT molecular complexity index is 1040. The van der Waals surface area contributed by atoms with Crippen LogP contribution in [0, 0.1) is 0 Å². The Hall–Kier alpha value is -2.86. The van der Waals surface area contributed by atoms with E-state index in [4.69, 9.17) is 5.73 Å². The van der Waals surface area contributed by atoms with Crippen molar-refractivity contribution in [1.29, 1.82) is 0 Å². The molecule has 4 rings (SSSR count). The van der Waals surface area contributed by atoms with Gasteiger partial charge in [0.2, 0.25) is 5.95 Å². The van der Waals surface area contributed by atoms with E-state index in [1.54, 1.807) is 0 Å². The third-order valence-electron chi connectivity index (χ3n) is 4.06. The minimum Gasteiger partial charge on any atom is -0.340 e. The lowest BCUT2D eigenvalue weighted by atomic mass is 10.2. The lowest BCUT2D eigenvalue weighted by Gasteiger charge is -2.12. The molecule has 0 radical (unpaired) electrons. The molecule has 0 unspecified atom stereocenters. The maximum Gasteiger partial charge on any atom is 0.229 e. The third kappa shape index (κ3) is 4.89. The van der Waals surface area contributed by atoms with Crippen LogP contribution < -0.4 is 16.4 Å². The van der Waals surface area contributed by atoms with Gasteiger partial charge in [0.15, 0.2) is 0 Å². The number of para-hydroxylation sites is 2. The zero-order valence-corrected chi connectivity index (χ0v) is 16.6. The molecule has 0 saturated carbocycles. The molecular formula is C21H21Cl2N5. The van der Waals surface area contributed by atoms with Crippen molar-refractivity contribution in [3.8, 4) is 0 Å². The minimum absolute atomic E-state index is 0. The molecule has 0 spiro atoms. The molecule has 0 atom stereocenters. The van der Waals surface area contributed by atoms with E-state index < -0.39 is 0 Å². The van der Waals surface area contributed by atoms with Crippen LogP contribution in [0.4, 0.5) is 23.1 Å². The maximum atomic E-state index is 5.73. The quantitative estimate of drug-likeness (QED) is 0.407. The van der Waals surface area contributed by atoms with Gasteiger partial charge in [0.25, 0.3) is 0 Å². The molecule has 7 heteroatoms. The minimum atomic E-state index is 0. The first-order valence-electron chi connectivity index (χ1n) is 8.47. The molecule has 1 heterocycles. The largest absolute Gasteiger partial charge is 0.340 e. The number of fused-ring (bicyclic) bond motifs is 1. The number of halogens is 2. The summed E-state index contributed by atoms with van der Waals surface area (Å²) in [6, 6.07) is 25.9. The van der Waals surface area contributed by atoms with E-state index in [1.165, 1.54) is 0 Å². The van der Waals surface area contributed by atoms with E-state index in [2.05, 4.69) is 20.6 Å². The average Bonchev–Trinajstić information content (AvgIpc) is 2.69. The summed E-state index contributed by atoms with van der Waals surface area (Å²) in [5.41, 5.74) is 9.55. The summed E-state index contributed by atoms with van der Waals surface area (Å²) in [5.74, 6) is 1.30. The zero-order valence-electron chi connectivity index (χ0n) is 15.0. The Labute approximate surface area is 176 Å². The highest BCUT2D eigenvalue weighted by Crippen LogP contribution is 2.26. The van der Waals surface area contributed by atoms with Crippen molar-refractivity contribution in [1.82, 2.24) is 9.97 Å². The van der Waals surface area contributed by atoms with Gasteiger partial charge in [-0.15, -0.1) is 24.8 Å². The van der Waals surface area contributed by atoms with Crippen molar-refractivity contribution < 1.29 is 0 Å². The standard InChI is InChI=1S/C21H19N5.2ClH/c22-14-15-7-6-10-17(13-15)24-21-25-19-12-5-4-11-18(19)20(26-21)23-16-8-2-1-3-9-16;;/h1-13H,14,22H2,(H2,23,24,25,26);2*1H. The first kappa shape index (κ1) is 21.4. The second kappa shape index (κ2) is 9.90. The summed E-state index contributed by atoms with van der Waals surface area (Å²) in [6.45, 7) is 0.495. The van der Waals surface area contributed by atoms with Crippen LogP contribution in [0.15, 0.2) is 78.9 Å². The van der Waals surface area contributed by atoms with Gasteiger partial charge < -0.3 is 16.4 Å². The van der Waals surface area contributed by atoms with E-state index in [9.17, 15) is 0 Å². The van der Waals surface area contributed by atoms with Gasteiger partial charge in [0.05, 0.1) is 5.52 Å². The normalized spacial score (nSPS) is 9.89. The maximum absolute atomic E-state index is 5.73. The molecule has 4 aromatic rings. The first-order valence-corrected chi connectivity index (χ1v) is 8.47. The summed E-state index contributed by atoms with van der Waals surface area (Å²) < 4.78 is 0. The SMILES string of the molecule is Cl.Cl.NCc1cccc(Nc2nc(Nc3ccccc3)c3ccccc3n2)c1. The van der Waals surface area contributed by atoms with Crippen LogP contribution in [0.25, 0.3) is 10.9 Å². The molecule has 0 aliphatic carbocycles. The molecule has 0 bridgehead atoms. The van der Waals surface area contributed by atoms with Crippen LogP contribution in [0.2, 0.25) is 0 Å². The highest BCUT2D eigenvalue weighted by molar-refractivity contribution is 5.92. The van der Waals surface area contributed by atoms with Gasteiger partial charge in [-0.3, -0.25) is 0 Å². The number of anilines is 4. The molecule has 3 aromatic carbocycles. The van der Waals surface area contributed by atoms with E-state index in [1.807, 2.05) is 78.9 Å². The van der Waals surface area contributed by atoms with E-state index in [0.717, 1.165) is 33.7 Å². The van der Waals surface area contributed by atoms with E-state index in [-0.39, 0.29) is 24.8 Å². The number of rotatable bonds is 5. The van der Waals surface area contributed by atoms with Crippen molar-refractivity contribution in [2.24, 2.45) is 5.73 Å². The van der Waals surface area contributed by atoms with Crippen LogP contribution in [-0.2, 0) is 6.54 Å². The topological polar surface area (TPSA) is 75.9 Å². The summed E-state index contributed by atoms with van der Waals surface area (Å²) >= 11 is 0. The summed E-state index contributed by atoms with van der Waals surface area (Å²) in [6.07, 6.45) is 0. The Morgan fingerprint density at radius 1 is 0.714 bits per heavy atom. The number of nitrogens with two attached hydrogens (primary N) is 1. The molecule has 1 aromatic heterocycles. The smallest absolute Gasteiger partial charge is 0.229 e. The Morgan fingerprint density at radius 3 is 2.21 bits per heavy atom. The molecule has 0 aliphatic heterocycles. The fourth-order valence-electron chi connectivity index (χ4n) is 2.79. The van der Waals surface area contributed by atoms with Gasteiger partial charge in [-0.1, -0.05) is 42.5 Å². The summed E-state index contributed by atoms with van der Waals surface area (Å²) in [7, 11) is 0. The number of nitrogens with one attached hydrogen (secondary N) is 2. The van der Waals surface area contributed by atoms with Gasteiger partial charge >= 0.3 is 0 Å². The molecule has 144 valence electrons. The predicted molar refractivity (Wildman–Crippen MR) is 121 cm³/mol. The fraction of sp³-hybridized carbons (Fsp3) is 0.0476. The monoisotopic (exact) mass is 413 g/mol. The molecule has 0 saturated heterocycles. The van der Waals surface area contributed by atoms with Crippen molar-refractivity contribution in [3.63, 3.8) is 0 Å². The molecule has 28 heavy (non-hydrogen) atoms. The lowest BCUT2D eigenvalue weighted by molar-refractivity contribution is 1.07. The van der Waals surface area contributed by atoms with E-state index in [0.29, 0.717) is 12.5 Å². The number of hydrogen-bond donors (Lipinski definition) is 3. The third-order valence-corrected chi connectivity index (χ3v) is 4.06. The fourth-order valence-corrected chi connectivity index (χ4v) is 2.79. The number of benzene rings is 3. The second-order valence-corrected chi connectivity index (χ2v) is 5.93. The van der Waals surface area contributed by atoms with Gasteiger partial charge in [0.1, 0.15) is 5.82 Å². The van der Waals surface area contributed by atoms with Gasteiger partial charge in [-0.25, -0.2) is 4.98 Å². The van der Waals surface area contributed by atoms with Crippen LogP contribution in [0.5, 0.6) is 0 Å². The van der Waals surface area contributed by atoms with Crippen LogP contribution in [0.3, 0.4) is 0 Å². The number of nitrogens with zero attached hydrogens (tertiary/aromatic N) is 2. The predicted octanol–water partition coefficient (Wildman–Crippen LogP) is 5.42. The molecule has 4 N–H and O–H groups in total. The zero-order chi connectivity index (χ0) is 17.8. The average molecular weight is 414 g/mol.